The first kappa shape index (κ1) is 12.4. The number of hydrogen-bond donors (Lipinski definition) is 2. The van der Waals surface area contributed by atoms with Crippen LogP contribution in [0.25, 0.3) is 5.52 Å². The molecule has 2 aromatic rings. The molecule has 2 rings (SSSR count). The summed E-state index contributed by atoms with van der Waals surface area (Å²) in [5.41, 5.74) is 1.02. The summed E-state index contributed by atoms with van der Waals surface area (Å²) in [5, 5.41) is 5.60. The average molecular weight is 246 g/mol. The number of imidazole rings is 1. The van der Waals surface area contributed by atoms with Crippen molar-refractivity contribution in [2.75, 3.05) is 6.54 Å². The molecule has 0 aliphatic carbocycles. The van der Waals surface area contributed by atoms with Crippen LogP contribution in [0.4, 0.5) is 4.79 Å². The van der Waals surface area contributed by atoms with Crippen LogP contribution in [0.1, 0.15) is 19.7 Å². The molecule has 2 N–H and O–H groups in total. The van der Waals surface area contributed by atoms with Gasteiger partial charge < -0.3 is 15.0 Å². The topological polar surface area (TPSA) is 58.4 Å². The maximum absolute atomic E-state index is 11.5. The highest BCUT2D eigenvalue weighted by Crippen LogP contribution is 2.05. The zero-order valence-corrected chi connectivity index (χ0v) is 10.7. The molecular weight excluding hydrogens is 228 g/mol. The second-order valence-electron chi connectivity index (χ2n) is 4.63. The normalized spacial score (nSPS) is 10.8. The highest BCUT2D eigenvalue weighted by atomic mass is 16.2. The van der Waals surface area contributed by atoms with Gasteiger partial charge in [0, 0.05) is 12.7 Å². The van der Waals surface area contributed by atoms with Gasteiger partial charge in [0.25, 0.3) is 0 Å². The highest BCUT2D eigenvalue weighted by molar-refractivity contribution is 5.73. The number of carbonyl (C=O) groups excluding carboxylic acids is 1. The van der Waals surface area contributed by atoms with Crippen molar-refractivity contribution < 1.29 is 4.79 Å². The summed E-state index contributed by atoms with van der Waals surface area (Å²) in [6, 6.07) is 5.73. The Morgan fingerprint density at radius 3 is 3.00 bits per heavy atom. The minimum atomic E-state index is -0.156. The van der Waals surface area contributed by atoms with Crippen molar-refractivity contribution in [2.45, 2.75) is 20.4 Å². The third kappa shape index (κ3) is 3.00. The van der Waals surface area contributed by atoms with E-state index in [-0.39, 0.29) is 6.03 Å². The van der Waals surface area contributed by atoms with Gasteiger partial charge in [0.15, 0.2) is 0 Å². The molecule has 5 heteroatoms. The number of amides is 2. The SMILES string of the molecule is CC(C)CNC(=O)NCc1ncc2ccccn12. The van der Waals surface area contributed by atoms with Crippen LogP contribution in [0.2, 0.25) is 0 Å². The molecule has 2 aromatic heterocycles. The Labute approximate surface area is 106 Å². The van der Waals surface area contributed by atoms with E-state index < -0.39 is 0 Å². The maximum atomic E-state index is 11.5. The molecule has 0 aliphatic rings. The Kier molecular flexibility index (Phi) is 3.82. The molecular formula is C13H18N4O. The smallest absolute Gasteiger partial charge is 0.315 e. The van der Waals surface area contributed by atoms with Gasteiger partial charge in [-0.05, 0) is 18.1 Å². The number of pyridine rings is 1. The predicted molar refractivity (Wildman–Crippen MR) is 70.3 cm³/mol. The van der Waals surface area contributed by atoms with E-state index in [2.05, 4.69) is 29.5 Å². The van der Waals surface area contributed by atoms with Crippen LogP contribution in [0.3, 0.4) is 0 Å². The van der Waals surface area contributed by atoms with Gasteiger partial charge in [-0.2, -0.15) is 0 Å². The van der Waals surface area contributed by atoms with Crippen LogP contribution >= 0.6 is 0 Å². The van der Waals surface area contributed by atoms with Crippen LogP contribution in [-0.2, 0) is 6.54 Å². The molecule has 0 aliphatic heterocycles. The third-order valence-corrected chi connectivity index (χ3v) is 2.59. The monoisotopic (exact) mass is 246 g/mol. The van der Waals surface area contributed by atoms with E-state index in [1.807, 2.05) is 28.8 Å². The first-order chi connectivity index (χ1) is 8.66. The predicted octanol–water partition coefficient (Wildman–Crippen LogP) is 1.79. The minimum Gasteiger partial charge on any atom is -0.338 e. The summed E-state index contributed by atoms with van der Waals surface area (Å²) in [4.78, 5) is 15.8. The molecule has 0 saturated carbocycles. The molecule has 18 heavy (non-hydrogen) atoms. The number of fused-ring (bicyclic) bond motifs is 1. The number of aromatic nitrogens is 2. The number of rotatable bonds is 4. The Balaban J connectivity index is 1.92. The summed E-state index contributed by atoms with van der Waals surface area (Å²) in [6.45, 7) is 5.21. The molecule has 0 radical (unpaired) electrons. The summed E-state index contributed by atoms with van der Waals surface area (Å²) in [6.07, 6.45) is 3.73. The molecule has 0 fully saturated rings. The Bertz CT molecular complexity index is 533. The molecule has 0 spiro atoms. The van der Waals surface area contributed by atoms with Gasteiger partial charge in [0.2, 0.25) is 0 Å². The molecule has 2 amide bonds. The lowest BCUT2D eigenvalue weighted by molar-refractivity contribution is 0.239. The van der Waals surface area contributed by atoms with Gasteiger partial charge in [-0.15, -0.1) is 0 Å². The minimum absolute atomic E-state index is 0.156. The van der Waals surface area contributed by atoms with Gasteiger partial charge in [0.1, 0.15) is 5.82 Å². The summed E-state index contributed by atoms with van der Waals surface area (Å²) >= 11 is 0. The van der Waals surface area contributed by atoms with Gasteiger partial charge in [-0.1, -0.05) is 19.9 Å². The summed E-state index contributed by atoms with van der Waals surface area (Å²) < 4.78 is 1.96. The van der Waals surface area contributed by atoms with E-state index in [0.29, 0.717) is 19.0 Å². The van der Waals surface area contributed by atoms with Crippen molar-refractivity contribution >= 4 is 11.5 Å². The molecule has 0 saturated heterocycles. The molecule has 0 atom stereocenters. The molecule has 2 heterocycles. The van der Waals surface area contributed by atoms with E-state index in [0.717, 1.165) is 11.3 Å². The Morgan fingerprint density at radius 1 is 1.39 bits per heavy atom. The van der Waals surface area contributed by atoms with E-state index in [4.69, 9.17) is 0 Å². The quantitative estimate of drug-likeness (QED) is 0.864. The van der Waals surface area contributed by atoms with E-state index >= 15 is 0 Å². The van der Waals surface area contributed by atoms with Gasteiger partial charge in [-0.3, -0.25) is 0 Å². The molecule has 5 nitrogen and oxygen atoms in total. The van der Waals surface area contributed by atoms with Crippen molar-refractivity contribution in [3.8, 4) is 0 Å². The van der Waals surface area contributed by atoms with Crippen LogP contribution in [0, 0.1) is 5.92 Å². The van der Waals surface area contributed by atoms with Crippen molar-refractivity contribution in [3.05, 3.63) is 36.4 Å². The fourth-order valence-corrected chi connectivity index (χ4v) is 1.65. The van der Waals surface area contributed by atoms with Gasteiger partial charge in [-0.25, -0.2) is 9.78 Å². The van der Waals surface area contributed by atoms with E-state index in [9.17, 15) is 4.79 Å². The fourth-order valence-electron chi connectivity index (χ4n) is 1.65. The van der Waals surface area contributed by atoms with Crippen molar-refractivity contribution in [1.29, 1.82) is 0 Å². The molecule has 0 bridgehead atoms. The Morgan fingerprint density at radius 2 is 2.22 bits per heavy atom. The Hall–Kier alpha value is -2.04. The lowest BCUT2D eigenvalue weighted by Crippen LogP contribution is -2.37. The first-order valence-corrected chi connectivity index (χ1v) is 6.09. The number of nitrogens with one attached hydrogen (secondary N) is 2. The zero-order valence-electron chi connectivity index (χ0n) is 10.7. The second-order valence-corrected chi connectivity index (χ2v) is 4.63. The molecule has 0 unspecified atom stereocenters. The summed E-state index contributed by atoms with van der Waals surface area (Å²) in [5.74, 6) is 1.27. The van der Waals surface area contributed by atoms with Crippen LogP contribution in [0.5, 0.6) is 0 Å². The first-order valence-electron chi connectivity index (χ1n) is 6.09. The standard InChI is InChI=1S/C13H18N4O/c1-10(2)7-15-13(18)16-9-12-14-8-11-5-3-4-6-17(11)12/h3-6,8,10H,7,9H2,1-2H3,(H2,15,16,18). The van der Waals surface area contributed by atoms with Crippen LogP contribution in [0.15, 0.2) is 30.6 Å². The maximum Gasteiger partial charge on any atom is 0.315 e. The van der Waals surface area contributed by atoms with E-state index in [1.54, 1.807) is 6.20 Å². The second kappa shape index (κ2) is 5.53. The van der Waals surface area contributed by atoms with E-state index in [1.165, 1.54) is 0 Å². The largest absolute Gasteiger partial charge is 0.338 e. The molecule has 96 valence electrons. The number of nitrogens with zero attached hydrogens (tertiary/aromatic N) is 2. The average Bonchev–Trinajstić information content (AvgIpc) is 2.77. The van der Waals surface area contributed by atoms with Gasteiger partial charge >= 0.3 is 6.03 Å². The van der Waals surface area contributed by atoms with Crippen LogP contribution in [-0.4, -0.2) is 22.0 Å². The number of carbonyl (C=O) groups is 1. The van der Waals surface area contributed by atoms with Crippen LogP contribution < -0.4 is 10.6 Å². The zero-order chi connectivity index (χ0) is 13.0. The molecule has 0 aromatic carbocycles. The lowest BCUT2D eigenvalue weighted by Gasteiger charge is -2.08. The van der Waals surface area contributed by atoms with Crippen molar-refractivity contribution in [3.63, 3.8) is 0 Å². The van der Waals surface area contributed by atoms with Crippen molar-refractivity contribution in [2.24, 2.45) is 5.92 Å². The summed E-state index contributed by atoms with van der Waals surface area (Å²) in [7, 11) is 0. The number of urea groups is 1. The fraction of sp³-hybridized carbons (Fsp3) is 0.385. The number of hydrogen-bond acceptors (Lipinski definition) is 2. The third-order valence-electron chi connectivity index (χ3n) is 2.59. The highest BCUT2D eigenvalue weighted by Gasteiger charge is 2.05. The van der Waals surface area contributed by atoms with Crippen molar-refractivity contribution in [1.82, 2.24) is 20.0 Å². The lowest BCUT2D eigenvalue weighted by atomic mass is 10.2. The van der Waals surface area contributed by atoms with Gasteiger partial charge in [0.05, 0.1) is 18.3 Å².